The molecule has 1 fully saturated rings. The fraction of sp³-hybridized carbons (Fsp3) is 0.611. The van der Waals surface area contributed by atoms with Crippen LogP contribution in [0.15, 0.2) is 29.3 Å². The van der Waals surface area contributed by atoms with E-state index in [2.05, 4.69) is 47.3 Å². The molecule has 1 heterocycles. The SMILES string of the molecule is CC(C)CCNC(N)=NCc1ccccc1CN1CCC(O)C1.I. The van der Waals surface area contributed by atoms with Gasteiger partial charge in [-0.3, -0.25) is 4.90 Å². The van der Waals surface area contributed by atoms with Crippen molar-refractivity contribution in [2.45, 2.75) is 45.9 Å². The Morgan fingerprint density at radius 3 is 2.71 bits per heavy atom. The molecule has 1 aromatic carbocycles. The maximum Gasteiger partial charge on any atom is 0.188 e. The van der Waals surface area contributed by atoms with E-state index in [4.69, 9.17) is 5.73 Å². The van der Waals surface area contributed by atoms with Crippen molar-refractivity contribution >= 4 is 29.9 Å². The van der Waals surface area contributed by atoms with E-state index >= 15 is 0 Å². The molecule has 0 bridgehead atoms. The number of β-amino-alcohol motifs (C(OH)–C–C–N with tert-alkyl or cyclic N) is 1. The summed E-state index contributed by atoms with van der Waals surface area (Å²) in [6.45, 7) is 8.42. The average molecular weight is 446 g/mol. The first-order chi connectivity index (χ1) is 11.0. The minimum Gasteiger partial charge on any atom is -0.392 e. The molecule has 1 aliphatic rings. The van der Waals surface area contributed by atoms with Crippen LogP contribution in [0.25, 0.3) is 0 Å². The molecule has 1 atom stereocenters. The minimum atomic E-state index is -0.180. The number of nitrogens with one attached hydrogen (secondary N) is 1. The quantitative estimate of drug-likeness (QED) is 0.342. The smallest absolute Gasteiger partial charge is 0.188 e. The van der Waals surface area contributed by atoms with E-state index < -0.39 is 0 Å². The lowest BCUT2D eigenvalue weighted by Gasteiger charge is -2.17. The van der Waals surface area contributed by atoms with Gasteiger partial charge in [0, 0.05) is 26.2 Å². The summed E-state index contributed by atoms with van der Waals surface area (Å²) < 4.78 is 0. The summed E-state index contributed by atoms with van der Waals surface area (Å²) in [5.41, 5.74) is 8.40. The monoisotopic (exact) mass is 446 g/mol. The number of likely N-dealkylation sites (tertiary alicyclic amines) is 1. The highest BCUT2D eigenvalue weighted by molar-refractivity contribution is 14.0. The Labute approximate surface area is 162 Å². The highest BCUT2D eigenvalue weighted by Crippen LogP contribution is 2.17. The van der Waals surface area contributed by atoms with Crippen LogP contribution < -0.4 is 11.1 Å². The third-order valence-electron chi connectivity index (χ3n) is 4.21. The number of rotatable bonds is 7. The topological polar surface area (TPSA) is 73.9 Å². The van der Waals surface area contributed by atoms with Crippen molar-refractivity contribution in [3.05, 3.63) is 35.4 Å². The van der Waals surface area contributed by atoms with Crippen molar-refractivity contribution in [2.75, 3.05) is 19.6 Å². The van der Waals surface area contributed by atoms with Gasteiger partial charge in [0.1, 0.15) is 0 Å². The highest BCUT2D eigenvalue weighted by atomic mass is 127. The molecule has 1 unspecified atom stereocenters. The second-order valence-corrected chi connectivity index (χ2v) is 6.76. The zero-order chi connectivity index (χ0) is 16.7. The van der Waals surface area contributed by atoms with Gasteiger partial charge in [-0.2, -0.15) is 0 Å². The molecule has 0 amide bonds. The van der Waals surface area contributed by atoms with Crippen LogP contribution in [0.3, 0.4) is 0 Å². The molecule has 5 nitrogen and oxygen atoms in total. The van der Waals surface area contributed by atoms with Crippen LogP contribution in [-0.4, -0.2) is 41.7 Å². The lowest BCUT2D eigenvalue weighted by Crippen LogP contribution is -2.33. The predicted octanol–water partition coefficient (Wildman–Crippen LogP) is 2.32. The van der Waals surface area contributed by atoms with Crippen LogP contribution >= 0.6 is 24.0 Å². The van der Waals surface area contributed by atoms with Gasteiger partial charge in [-0.05, 0) is 29.9 Å². The summed E-state index contributed by atoms with van der Waals surface area (Å²) in [5.74, 6) is 1.17. The van der Waals surface area contributed by atoms with Gasteiger partial charge >= 0.3 is 0 Å². The Morgan fingerprint density at radius 1 is 1.38 bits per heavy atom. The predicted molar refractivity (Wildman–Crippen MR) is 111 cm³/mol. The fourth-order valence-electron chi connectivity index (χ4n) is 2.78. The van der Waals surface area contributed by atoms with Crippen LogP contribution in [0.4, 0.5) is 0 Å². The molecular weight excluding hydrogens is 415 g/mol. The van der Waals surface area contributed by atoms with Gasteiger partial charge in [0.25, 0.3) is 0 Å². The number of nitrogens with zero attached hydrogens (tertiary/aromatic N) is 2. The summed E-state index contributed by atoms with van der Waals surface area (Å²) in [4.78, 5) is 6.75. The summed E-state index contributed by atoms with van der Waals surface area (Å²) in [5, 5.41) is 12.8. The van der Waals surface area contributed by atoms with Crippen molar-refractivity contribution in [3.8, 4) is 0 Å². The van der Waals surface area contributed by atoms with Gasteiger partial charge in [0.05, 0.1) is 12.6 Å². The van der Waals surface area contributed by atoms with Gasteiger partial charge < -0.3 is 16.2 Å². The molecule has 1 aliphatic heterocycles. The molecule has 1 saturated heterocycles. The summed E-state index contributed by atoms with van der Waals surface area (Å²) in [7, 11) is 0. The van der Waals surface area contributed by atoms with Crippen LogP contribution in [0.5, 0.6) is 0 Å². The second kappa shape index (κ2) is 10.9. The van der Waals surface area contributed by atoms with E-state index in [0.29, 0.717) is 18.4 Å². The number of hydrogen-bond donors (Lipinski definition) is 3. The van der Waals surface area contributed by atoms with E-state index in [0.717, 1.165) is 39.0 Å². The number of hydrogen-bond acceptors (Lipinski definition) is 3. The standard InChI is InChI=1S/C18H30N4O.HI/c1-14(2)7-9-20-18(19)21-11-15-5-3-4-6-16(15)12-22-10-8-17(23)13-22;/h3-6,14,17,23H,7-13H2,1-2H3,(H3,19,20,21);1H. The van der Waals surface area contributed by atoms with Crippen molar-refractivity contribution < 1.29 is 5.11 Å². The first kappa shape index (κ1) is 21.2. The Bertz CT molecular complexity index is 521. The molecule has 136 valence electrons. The van der Waals surface area contributed by atoms with E-state index in [1.165, 1.54) is 11.1 Å². The van der Waals surface area contributed by atoms with Gasteiger partial charge in [0.2, 0.25) is 0 Å². The molecule has 0 spiro atoms. The van der Waals surface area contributed by atoms with Crippen molar-refractivity contribution in [1.29, 1.82) is 0 Å². The number of aliphatic hydroxyl groups is 1. The number of guanidine groups is 1. The number of halogens is 1. The van der Waals surface area contributed by atoms with Gasteiger partial charge in [-0.15, -0.1) is 24.0 Å². The molecule has 4 N–H and O–H groups in total. The summed E-state index contributed by atoms with van der Waals surface area (Å²) in [6.07, 6.45) is 1.78. The molecule has 24 heavy (non-hydrogen) atoms. The fourth-order valence-corrected chi connectivity index (χ4v) is 2.78. The lowest BCUT2D eigenvalue weighted by molar-refractivity contribution is 0.174. The molecule has 6 heteroatoms. The highest BCUT2D eigenvalue weighted by Gasteiger charge is 2.20. The number of aliphatic imine (C=N–C) groups is 1. The van der Waals surface area contributed by atoms with Crippen molar-refractivity contribution in [2.24, 2.45) is 16.6 Å². The van der Waals surface area contributed by atoms with Gasteiger partial charge in [0.15, 0.2) is 5.96 Å². The first-order valence-electron chi connectivity index (χ1n) is 8.55. The van der Waals surface area contributed by atoms with Gasteiger partial charge in [-0.25, -0.2) is 4.99 Å². The second-order valence-electron chi connectivity index (χ2n) is 6.76. The number of aliphatic hydroxyl groups excluding tert-OH is 1. The van der Waals surface area contributed by atoms with Crippen LogP contribution in [0, 0.1) is 5.92 Å². The van der Waals surface area contributed by atoms with Crippen molar-refractivity contribution in [1.82, 2.24) is 10.2 Å². The zero-order valence-electron chi connectivity index (χ0n) is 14.7. The molecule has 2 rings (SSSR count). The molecule has 0 aliphatic carbocycles. The summed E-state index contributed by atoms with van der Waals surface area (Å²) in [6, 6.07) is 8.33. The Kier molecular flexibility index (Phi) is 9.61. The van der Waals surface area contributed by atoms with E-state index in [1.54, 1.807) is 0 Å². The normalized spacial score (nSPS) is 18.7. The molecule has 1 aromatic rings. The Hall–Kier alpha value is -0.860. The van der Waals surface area contributed by atoms with Crippen LogP contribution in [-0.2, 0) is 13.1 Å². The Balaban J connectivity index is 0.00000288. The van der Waals surface area contributed by atoms with Crippen molar-refractivity contribution in [3.63, 3.8) is 0 Å². The maximum absolute atomic E-state index is 9.66. The molecule has 0 aromatic heterocycles. The lowest BCUT2D eigenvalue weighted by atomic mass is 10.1. The average Bonchev–Trinajstić information content (AvgIpc) is 2.91. The minimum absolute atomic E-state index is 0. The Morgan fingerprint density at radius 2 is 2.08 bits per heavy atom. The number of benzene rings is 1. The van der Waals surface area contributed by atoms with Crippen LogP contribution in [0.2, 0.25) is 0 Å². The van der Waals surface area contributed by atoms with Crippen LogP contribution in [0.1, 0.15) is 37.8 Å². The molecule has 0 radical (unpaired) electrons. The largest absolute Gasteiger partial charge is 0.392 e. The third-order valence-corrected chi connectivity index (χ3v) is 4.21. The van der Waals surface area contributed by atoms with E-state index in [9.17, 15) is 5.11 Å². The third kappa shape index (κ3) is 7.36. The first-order valence-corrected chi connectivity index (χ1v) is 8.55. The number of nitrogens with two attached hydrogens (primary N) is 1. The van der Waals surface area contributed by atoms with Gasteiger partial charge in [-0.1, -0.05) is 38.1 Å². The molecule has 0 saturated carbocycles. The van der Waals surface area contributed by atoms with E-state index in [-0.39, 0.29) is 30.1 Å². The zero-order valence-corrected chi connectivity index (χ0v) is 17.1. The van der Waals surface area contributed by atoms with E-state index in [1.807, 2.05) is 6.07 Å². The molecular formula is C18H31IN4O. The summed E-state index contributed by atoms with van der Waals surface area (Å²) >= 11 is 0. The maximum atomic E-state index is 9.66.